The summed E-state index contributed by atoms with van der Waals surface area (Å²) < 4.78 is 2.23. The van der Waals surface area contributed by atoms with Gasteiger partial charge in [0.05, 0.1) is 21.9 Å². The van der Waals surface area contributed by atoms with Crippen molar-refractivity contribution in [2.24, 2.45) is 0 Å². The first kappa shape index (κ1) is 25.0. The lowest BCUT2D eigenvalue weighted by atomic mass is 9.95. The molecule has 1 aromatic carbocycles. The molecule has 0 aliphatic carbocycles. The maximum Gasteiger partial charge on any atom is 0.166 e. The topological polar surface area (TPSA) is 70.9 Å². The average Bonchev–Trinajstić information content (AvgIpc) is 3.32. The van der Waals surface area contributed by atoms with Crippen molar-refractivity contribution >= 4 is 44.7 Å². The van der Waals surface area contributed by atoms with E-state index in [1.165, 1.54) is 12.1 Å². The summed E-state index contributed by atoms with van der Waals surface area (Å²) in [7, 11) is 0. The predicted molar refractivity (Wildman–Crippen MR) is 136 cm³/mol. The second kappa shape index (κ2) is 12.0. The van der Waals surface area contributed by atoms with Gasteiger partial charge in [-0.25, -0.2) is 0 Å². The number of aldehydes is 1. The molecule has 0 saturated carbocycles. The van der Waals surface area contributed by atoms with E-state index in [2.05, 4.69) is 43.7 Å². The summed E-state index contributed by atoms with van der Waals surface area (Å²) in [6, 6.07) is 4.09. The molecule has 5 nitrogen and oxygen atoms in total. The number of rotatable bonds is 5. The maximum absolute atomic E-state index is 12.2. The highest BCUT2D eigenvalue weighted by atomic mass is 79.9. The lowest BCUT2D eigenvalue weighted by Crippen LogP contribution is -2.05. The second-order valence-electron chi connectivity index (χ2n) is 8.10. The van der Waals surface area contributed by atoms with Gasteiger partial charge in [-0.1, -0.05) is 53.4 Å². The Balaban J connectivity index is 0.000000913. The zero-order valence-electron chi connectivity index (χ0n) is 19.0. The van der Waals surface area contributed by atoms with E-state index in [-0.39, 0.29) is 6.61 Å². The molecule has 0 radical (unpaired) electrons. The molecule has 0 atom stereocenters. The number of aliphatic hydroxyl groups excluding tert-OH is 1. The van der Waals surface area contributed by atoms with Crippen LogP contribution in [0.15, 0.2) is 12.1 Å². The van der Waals surface area contributed by atoms with Gasteiger partial charge in [-0.2, -0.15) is 5.10 Å². The Kier molecular flexibility index (Phi) is 9.38. The van der Waals surface area contributed by atoms with Crippen molar-refractivity contribution < 1.29 is 9.90 Å². The van der Waals surface area contributed by atoms with Crippen LogP contribution in [0.25, 0.3) is 22.0 Å². The van der Waals surface area contributed by atoms with Crippen molar-refractivity contribution in [2.45, 2.75) is 71.8 Å². The Morgan fingerprint density at radius 2 is 1.97 bits per heavy atom. The van der Waals surface area contributed by atoms with Gasteiger partial charge in [0, 0.05) is 40.7 Å². The molecule has 1 aliphatic rings. The number of nitrogens with zero attached hydrogens (tertiary/aromatic N) is 2. The molecular formula is C25H33BrClN3O2. The van der Waals surface area contributed by atoms with Crippen molar-refractivity contribution in [3.63, 3.8) is 0 Å². The molecule has 1 aliphatic heterocycles. The summed E-state index contributed by atoms with van der Waals surface area (Å²) in [6.45, 7) is 4.91. The van der Waals surface area contributed by atoms with Crippen LogP contribution in [0.2, 0.25) is 5.02 Å². The fraction of sp³-hybridized carbons (Fsp3) is 0.520. The number of hydrogen-bond donors (Lipinski definition) is 2. The van der Waals surface area contributed by atoms with Gasteiger partial charge in [-0.3, -0.25) is 9.89 Å². The molecule has 174 valence electrons. The molecule has 0 bridgehead atoms. The van der Waals surface area contributed by atoms with Crippen molar-refractivity contribution in [1.29, 1.82) is 0 Å². The van der Waals surface area contributed by atoms with E-state index in [4.69, 9.17) is 16.7 Å². The minimum absolute atomic E-state index is 0.250. The van der Waals surface area contributed by atoms with Gasteiger partial charge >= 0.3 is 0 Å². The van der Waals surface area contributed by atoms with Crippen molar-refractivity contribution in [2.75, 3.05) is 11.9 Å². The largest absolute Gasteiger partial charge is 0.397 e. The number of benzene rings is 1. The molecule has 3 heterocycles. The number of aryl methyl sites for hydroxylation is 4. The van der Waals surface area contributed by atoms with Crippen LogP contribution in [-0.4, -0.2) is 38.1 Å². The van der Waals surface area contributed by atoms with Crippen LogP contribution in [0.3, 0.4) is 0 Å². The highest BCUT2D eigenvalue weighted by molar-refractivity contribution is 9.09. The summed E-state index contributed by atoms with van der Waals surface area (Å²) in [5.41, 5.74) is 7.47. The fourth-order valence-electron chi connectivity index (χ4n) is 4.70. The number of hydrogen-bond acceptors (Lipinski definition) is 3. The van der Waals surface area contributed by atoms with Gasteiger partial charge in [0.25, 0.3) is 0 Å². The fourth-order valence-corrected chi connectivity index (χ4v) is 5.23. The van der Waals surface area contributed by atoms with E-state index in [1.807, 2.05) is 6.07 Å². The van der Waals surface area contributed by atoms with Crippen LogP contribution in [-0.2, 0) is 25.8 Å². The number of H-pyrrole nitrogens is 1. The quantitative estimate of drug-likeness (QED) is 0.297. The third-order valence-electron chi connectivity index (χ3n) is 6.05. The highest BCUT2D eigenvalue weighted by Crippen LogP contribution is 2.42. The van der Waals surface area contributed by atoms with Crippen molar-refractivity contribution in [3.8, 4) is 11.1 Å². The zero-order chi connectivity index (χ0) is 23.1. The number of carbonyl (C=O) groups excluding carboxylic acids is 1. The average molecular weight is 523 g/mol. The van der Waals surface area contributed by atoms with E-state index in [0.717, 1.165) is 107 Å². The summed E-state index contributed by atoms with van der Waals surface area (Å²) in [5, 5.41) is 18.3. The third kappa shape index (κ3) is 4.97. The molecule has 4 rings (SSSR count). The van der Waals surface area contributed by atoms with Gasteiger partial charge in [0.1, 0.15) is 0 Å². The molecule has 7 heteroatoms. The van der Waals surface area contributed by atoms with Crippen molar-refractivity contribution in [1.82, 2.24) is 14.8 Å². The van der Waals surface area contributed by atoms with Crippen LogP contribution in [0.5, 0.6) is 0 Å². The molecule has 0 fully saturated rings. The van der Waals surface area contributed by atoms with Gasteiger partial charge in [-0.05, 0) is 57.1 Å². The number of fused-ring (bicyclic) bond motifs is 2. The number of alkyl halides is 1. The Morgan fingerprint density at radius 3 is 2.66 bits per heavy atom. The number of aliphatic hydroxyl groups is 1. The summed E-state index contributed by atoms with van der Waals surface area (Å²) >= 11 is 10.4. The number of halogens is 2. The predicted octanol–water partition coefficient (Wildman–Crippen LogP) is 6.50. The van der Waals surface area contributed by atoms with Gasteiger partial charge in [0.2, 0.25) is 0 Å². The first-order valence-corrected chi connectivity index (χ1v) is 13.1. The molecule has 0 saturated heterocycles. The smallest absolute Gasteiger partial charge is 0.166 e. The first-order chi connectivity index (χ1) is 15.6. The Hall–Kier alpha value is -1.63. The van der Waals surface area contributed by atoms with Gasteiger partial charge in [-0.15, -0.1) is 0 Å². The van der Waals surface area contributed by atoms with Crippen LogP contribution in [0.4, 0.5) is 0 Å². The summed E-state index contributed by atoms with van der Waals surface area (Å²) in [6.07, 6.45) is 9.29. The second-order valence-corrected chi connectivity index (χ2v) is 9.30. The monoisotopic (exact) mass is 521 g/mol. The molecular weight excluding hydrogens is 490 g/mol. The summed E-state index contributed by atoms with van der Waals surface area (Å²) in [4.78, 5) is 12.2. The van der Waals surface area contributed by atoms with E-state index >= 15 is 0 Å². The number of aromatic nitrogens is 3. The molecule has 0 spiro atoms. The molecule has 2 N–H and O–H groups in total. The Morgan fingerprint density at radius 1 is 1.22 bits per heavy atom. The normalized spacial score (nSPS) is 13.8. The lowest BCUT2D eigenvalue weighted by Gasteiger charge is -2.13. The maximum atomic E-state index is 12.2. The van der Waals surface area contributed by atoms with Gasteiger partial charge in [0.15, 0.2) is 6.29 Å². The lowest BCUT2D eigenvalue weighted by molar-refractivity contribution is 0.111. The van der Waals surface area contributed by atoms with Gasteiger partial charge < -0.3 is 9.67 Å². The zero-order valence-corrected chi connectivity index (χ0v) is 21.4. The Bertz CT molecular complexity index is 1060. The standard InChI is InChI=1S/C23H27BrClN3O.C2H6O/c1-2-18-22-19(27-26-18)9-5-3-4-6-13-28-20(14-29)15(8-7-12-24)16-10-11-17(25)21(22)23(16)28;1-2-3/h10-11,14H,2-9,12-13H2,1H3,(H,26,27);3H,2H2,1H3. The minimum atomic E-state index is 0.250. The number of aromatic amines is 1. The summed E-state index contributed by atoms with van der Waals surface area (Å²) in [5.74, 6) is 0. The van der Waals surface area contributed by atoms with Crippen molar-refractivity contribution in [3.05, 3.63) is 39.8 Å². The molecule has 3 aromatic rings. The molecule has 0 amide bonds. The SMILES string of the molecule is CCO.CCc1n[nH]c2c1-c1c(Cl)ccc3c(CCCBr)c(C=O)n(c13)CCCCCC2. The number of carbonyl (C=O) groups is 1. The Labute approximate surface area is 203 Å². The molecule has 32 heavy (non-hydrogen) atoms. The van der Waals surface area contributed by atoms with E-state index in [0.29, 0.717) is 0 Å². The highest BCUT2D eigenvalue weighted by Gasteiger charge is 2.25. The first-order valence-electron chi connectivity index (χ1n) is 11.6. The van der Waals surface area contributed by atoms with Crippen LogP contribution in [0, 0.1) is 0 Å². The molecule has 0 unspecified atom stereocenters. The van der Waals surface area contributed by atoms with Crippen LogP contribution in [0.1, 0.15) is 73.4 Å². The van der Waals surface area contributed by atoms with E-state index < -0.39 is 0 Å². The van der Waals surface area contributed by atoms with E-state index in [9.17, 15) is 4.79 Å². The van der Waals surface area contributed by atoms with Crippen LogP contribution < -0.4 is 0 Å². The number of nitrogens with one attached hydrogen (secondary N) is 1. The van der Waals surface area contributed by atoms with Crippen LogP contribution >= 0.6 is 27.5 Å². The molecule has 2 aromatic heterocycles. The minimum Gasteiger partial charge on any atom is -0.397 e. The van der Waals surface area contributed by atoms with E-state index in [1.54, 1.807) is 6.92 Å². The third-order valence-corrected chi connectivity index (χ3v) is 6.93.